The zero-order valence-electron chi connectivity index (χ0n) is 16.6. The molecule has 0 saturated carbocycles. The van der Waals surface area contributed by atoms with Gasteiger partial charge in [0.25, 0.3) is 0 Å². The Morgan fingerprint density at radius 1 is 1.42 bits per heavy atom. The standard InChI is InChI=1S/C21H32BrNO3/c1-14(26-18-8-6-7-17(22)15(18)2)9-10-16-11-12-23(20(24)25)19(13-16)21(3,4)5/h6-8,14,16,19H,9-13H2,1-5H3,(H,24,25)/t14-,16?,19?/m1/s1. The van der Waals surface area contributed by atoms with Crippen LogP contribution in [0.15, 0.2) is 22.7 Å². The van der Waals surface area contributed by atoms with Crippen molar-refractivity contribution in [3.63, 3.8) is 0 Å². The molecule has 0 aliphatic carbocycles. The van der Waals surface area contributed by atoms with Gasteiger partial charge in [0, 0.05) is 22.6 Å². The van der Waals surface area contributed by atoms with Crippen molar-refractivity contribution in [3.05, 3.63) is 28.2 Å². The van der Waals surface area contributed by atoms with Crippen molar-refractivity contribution in [2.24, 2.45) is 11.3 Å². The number of piperidine rings is 1. The third-order valence-electron chi connectivity index (χ3n) is 5.48. The fourth-order valence-corrected chi connectivity index (χ4v) is 4.16. The van der Waals surface area contributed by atoms with Crippen LogP contribution in [0, 0.1) is 18.3 Å². The molecule has 4 nitrogen and oxygen atoms in total. The molecule has 0 spiro atoms. The lowest BCUT2D eigenvalue weighted by atomic mass is 9.76. The molecular formula is C21H32BrNO3. The largest absolute Gasteiger partial charge is 0.490 e. The second kappa shape index (κ2) is 8.64. The van der Waals surface area contributed by atoms with Crippen molar-refractivity contribution in [2.45, 2.75) is 72.4 Å². The summed E-state index contributed by atoms with van der Waals surface area (Å²) >= 11 is 3.55. The van der Waals surface area contributed by atoms with Crippen LogP contribution in [0.1, 0.15) is 58.9 Å². The number of carbonyl (C=O) groups is 1. The zero-order valence-corrected chi connectivity index (χ0v) is 18.2. The van der Waals surface area contributed by atoms with E-state index in [9.17, 15) is 9.90 Å². The van der Waals surface area contributed by atoms with Gasteiger partial charge in [-0.25, -0.2) is 4.79 Å². The third kappa shape index (κ3) is 5.38. The molecule has 1 amide bonds. The second-order valence-electron chi connectivity index (χ2n) is 8.62. The summed E-state index contributed by atoms with van der Waals surface area (Å²) in [4.78, 5) is 13.2. The van der Waals surface area contributed by atoms with Gasteiger partial charge < -0.3 is 14.7 Å². The number of halogens is 1. The number of rotatable bonds is 5. The van der Waals surface area contributed by atoms with Gasteiger partial charge in [0.1, 0.15) is 5.75 Å². The van der Waals surface area contributed by atoms with E-state index in [0.717, 1.165) is 41.5 Å². The summed E-state index contributed by atoms with van der Waals surface area (Å²) in [5, 5.41) is 9.49. The summed E-state index contributed by atoms with van der Waals surface area (Å²) in [6.45, 7) is 11.2. The lowest BCUT2D eigenvalue weighted by molar-refractivity contribution is 0.0365. The molecule has 5 heteroatoms. The molecule has 1 heterocycles. The van der Waals surface area contributed by atoms with Crippen LogP contribution in [-0.2, 0) is 0 Å². The zero-order chi connectivity index (χ0) is 19.5. The van der Waals surface area contributed by atoms with Crippen molar-refractivity contribution < 1.29 is 14.6 Å². The van der Waals surface area contributed by atoms with Crippen molar-refractivity contribution in [2.75, 3.05) is 6.54 Å². The number of ether oxygens (including phenoxy) is 1. The maximum atomic E-state index is 11.5. The summed E-state index contributed by atoms with van der Waals surface area (Å²) in [7, 11) is 0. The second-order valence-corrected chi connectivity index (χ2v) is 9.47. The molecule has 1 aliphatic rings. The smallest absolute Gasteiger partial charge is 0.407 e. The van der Waals surface area contributed by atoms with E-state index in [1.165, 1.54) is 0 Å². The van der Waals surface area contributed by atoms with Crippen LogP contribution in [0.25, 0.3) is 0 Å². The van der Waals surface area contributed by atoms with Crippen LogP contribution < -0.4 is 4.74 Å². The van der Waals surface area contributed by atoms with E-state index in [2.05, 4.69) is 50.5 Å². The van der Waals surface area contributed by atoms with E-state index < -0.39 is 6.09 Å². The molecule has 26 heavy (non-hydrogen) atoms. The van der Waals surface area contributed by atoms with Crippen molar-refractivity contribution in [1.29, 1.82) is 0 Å². The number of hydrogen-bond acceptors (Lipinski definition) is 2. The lowest BCUT2D eigenvalue weighted by Crippen LogP contribution is -2.51. The summed E-state index contributed by atoms with van der Waals surface area (Å²) in [6, 6.07) is 6.12. The Morgan fingerprint density at radius 2 is 2.12 bits per heavy atom. The van der Waals surface area contributed by atoms with Crippen LogP contribution in [0.4, 0.5) is 4.79 Å². The van der Waals surface area contributed by atoms with E-state index in [1.807, 2.05) is 18.2 Å². The minimum atomic E-state index is -0.787. The van der Waals surface area contributed by atoms with E-state index in [0.29, 0.717) is 12.5 Å². The maximum absolute atomic E-state index is 11.5. The highest BCUT2D eigenvalue weighted by Crippen LogP contribution is 2.36. The molecule has 0 radical (unpaired) electrons. The summed E-state index contributed by atoms with van der Waals surface area (Å²) < 4.78 is 7.20. The highest BCUT2D eigenvalue weighted by molar-refractivity contribution is 9.10. The molecule has 1 aromatic carbocycles. The van der Waals surface area contributed by atoms with Gasteiger partial charge in [0.15, 0.2) is 0 Å². The van der Waals surface area contributed by atoms with Crippen LogP contribution in [-0.4, -0.2) is 34.8 Å². The first-order valence-electron chi connectivity index (χ1n) is 9.51. The Kier molecular flexibility index (Phi) is 7.00. The molecule has 3 atom stereocenters. The van der Waals surface area contributed by atoms with Crippen molar-refractivity contribution in [3.8, 4) is 5.75 Å². The van der Waals surface area contributed by atoms with Gasteiger partial charge in [0.2, 0.25) is 0 Å². The van der Waals surface area contributed by atoms with Gasteiger partial charge in [-0.1, -0.05) is 42.8 Å². The number of likely N-dealkylation sites (tertiary alicyclic amines) is 1. The molecule has 1 aliphatic heterocycles. The van der Waals surface area contributed by atoms with Crippen molar-refractivity contribution in [1.82, 2.24) is 4.90 Å². The summed E-state index contributed by atoms with van der Waals surface area (Å²) in [5.41, 5.74) is 1.09. The molecule has 0 bridgehead atoms. The molecule has 1 aromatic rings. The molecule has 0 aromatic heterocycles. The van der Waals surface area contributed by atoms with Gasteiger partial charge in [-0.3, -0.25) is 0 Å². The number of hydrogen-bond donors (Lipinski definition) is 1. The summed E-state index contributed by atoms with van der Waals surface area (Å²) in [6.07, 6.45) is 3.31. The van der Waals surface area contributed by atoms with E-state index in [4.69, 9.17) is 4.74 Å². The Hall–Kier alpha value is -1.23. The molecule has 2 unspecified atom stereocenters. The van der Waals surface area contributed by atoms with Gasteiger partial charge in [-0.15, -0.1) is 0 Å². The average Bonchev–Trinajstić information content (AvgIpc) is 2.56. The van der Waals surface area contributed by atoms with E-state index >= 15 is 0 Å². The first kappa shape index (κ1) is 21.1. The number of amides is 1. The Balaban J connectivity index is 1.91. The monoisotopic (exact) mass is 425 g/mol. The molecule has 1 fully saturated rings. The van der Waals surface area contributed by atoms with E-state index in [-0.39, 0.29) is 17.6 Å². The average molecular weight is 426 g/mol. The fourth-order valence-electron chi connectivity index (χ4n) is 3.81. The quantitative estimate of drug-likeness (QED) is 0.618. The minimum absolute atomic E-state index is 0.0351. The highest BCUT2D eigenvalue weighted by Gasteiger charge is 2.38. The van der Waals surface area contributed by atoms with Crippen LogP contribution >= 0.6 is 15.9 Å². The summed E-state index contributed by atoms with van der Waals surface area (Å²) in [5.74, 6) is 1.49. The minimum Gasteiger partial charge on any atom is -0.490 e. The molecule has 146 valence electrons. The van der Waals surface area contributed by atoms with Gasteiger partial charge in [0.05, 0.1) is 6.10 Å². The Morgan fingerprint density at radius 3 is 2.73 bits per heavy atom. The Labute approximate surface area is 166 Å². The predicted octanol–water partition coefficient (Wildman–Crippen LogP) is 6.11. The molecular weight excluding hydrogens is 394 g/mol. The first-order chi connectivity index (χ1) is 12.1. The van der Waals surface area contributed by atoms with Crippen molar-refractivity contribution >= 4 is 22.0 Å². The van der Waals surface area contributed by atoms with Gasteiger partial charge in [-0.2, -0.15) is 0 Å². The number of benzene rings is 1. The van der Waals surface area contributed by atoms with Gasteiger partial charge >= 0.3 is 6.09 Å². The Bertz CT molecular complexity index is 626. The topological polar surface area (TPSA) is 49.8 Å². The van der Waals surface area contributed by atoms with Gasteiger partial charge in [-0.05, 0) is 63.0 Å². The van der Waals surface area contributed by atoms with Crippen LogP contribution in [0.3, 0.4) is 0 Å². The lowest BCUT2D eigenvalue weighted by Gasteiger charge is -2.44. The number of nitrogens with zero attached hydrogens (tertiary/aromatic N) is 1. The number of carboxylic acid groups (broad SMARTS) is 1. The molecule has 1 saturated heterocycles. The van der Waals surface area contributed by atoms with Crippen LogP contribution in [0.5, 0.6) is 5.75 Å². The molecule has 2 rings (SSSR count). The SMILES string of the molecule is Cc1c(Br)cccc1O[C@H](C)CCC1CCN(C(=O)O)C(C(C)(C)C)C1. The van der Waals surface area contributed by atoms with Crippen LogP contribution in [0.2, 0.25) is 0 Å². The third-order valence-corrected chi connectivity index (χ3v) is 6.34. The maximum Gasteiger partial charge on any atom is 0.407 e. The first-order valence-corrected chi connectivity index (χ1v) is 10.3. The highest BCUT2D eigenvalue weighted by atomic mass is 79.9. The normalized spacial score (nSPS) is 22.2. The van der Waals surface area contributed by atoms with E-state index in [1.54, 1.807) is 4.90 Å². The predicted molar refractivity (Wildman–Crippen MR) is 109 cm³/mol. The molecule has 1 N–H and O–H groups in total. The fraction of sp³-hybridized carbons (Fsp3) is 0.667.